The van der Waals surface area contributed by atoms with Gasteiger partial charge in [0.15, 0.2) is 5.13 Å². The van der Waals surface area contributed by atoms with Gasteiger partial charge in [-0.15, -0.1) is 11.3 Å². The molecule has 0 fully saturated rings. The van der Waals surface area contributed by atoms with E-state index in [0.29, 0.717) is 0 Å². The highest BCUT2D eigenvalue weighted by atomic mass is 32.2. The van der Waals surface area contributed by atoms with Gasteiger partial charge in [0.2, 0.25) is 0 Å². The van der Waals surface area contributed by atoms with Crippen molar-refractivity contribution in [2.24, 2.45) is 0 Å². The standard InChI is InChI=1S/C11H12FN3O2S2/c1-6-5-14-11(18-6)15-19(16,17)10-4-8(13)3-9(12)7(10)2/h3-5H,13H2,1-2H3,(H,14,15). The zero-order valence-electron chi connectivity index (χ0n) is 10.3. The number of anilines is 2. The number of hydrogen-bond acceptors (Lipinski definition) is 5. The minimum absolute atomic E-state index is 0.0231. The topological polar surface area (TPSA) is 85.1 Å². The molecule has 0 saturated carbocycles. The maximum Gasteiger partial charge on any atom is 0.264 e. The van der Waals surface area contributed by atoms with Gasteiger partial charge in [0.25, 0.3) is 10.0 Å². The Bertz CT molecular complexity index is 726. The highest BCUT2D eigenvalue weighted by molar-refractivity contribution is 7.93. The van der Waals surface area contributed by atoms with Crippen LogP contribution in [0.4, 0.5) is 15.2 Å². The predicted molar refractivity (Wildman–Crippen MR) is 73.2 cm³/mol. The molecule has 0 unspecified atom stereocenters. The van der Waals surface area contributed by atoms with Gasteiger partial charge in [0.1, 0.15) is 5.82 Å². The number of benzene rings is 1. The van der Waals surface area contributed by atoms with E-state index in [-0.39, 0.29) is 21.3 Å². The van der Waals surface area contributed by atoms with Crippen molar-refractivity contribution in [3.8, 4) is 0 Å². The van der Waals surface area contributed by atoms with E-state index in [1.807, 2.05) is 0 Å². The summed E-state index contributed by atoms with van der Waals surface area (Å²) in [6.07, 6.45) is 1.55. The van der Waals surface area contributed by atoms with Gasteiger partial charge in [0.05, 0.1) is 4.90 Å². The highest BCUT2D eigenvalue weighted by Crippen LogP contribution is 2.25. The molecule has 0 atom stereocenters. The number of thiazole rings is 1. The van der Waals surface area contributed by atoms with Crippen molar-refractivity contribution in [2.45, 2.75) is 18.7 Å². The largest absolute Gasteiger partial charge is 0.399 e. The van der Waals surface area contributed by atoms with Gasteiger partial charge in [0, 0.05) is 22.3 Å². The monoisotopic (exact) mass is 301 g/mol. The molecule has 0 aliphatic heterocycles. The summed E-state index contributed by atoms with van der Waals surface area (Å²) in [5.74, 6) is -0.657. The van der Waals surface area contributed by atoms with E-state index in [0.717, 1.165) is 10.9 Å². The van der Waals surface area contributed by atoms with Gasteiger partial charge in [-0.1, -0.05) is 0 Å². The first-order valence-corrected chi connectivity index (χ1v) is 7.60. The number of aromatic nitrogens is 1. The maximum absolute atomic E-state index is 13.5. The van der Waals surface area contributed by atoms with E-state index < -0.39 is 15.8 Å². The van der Waals surface area contributed by atoms with Crippen LogP contribution in [-0.2, 0) is 10.0 Å². The number of nitrogens with zero attached hydrogens (tertiary/aromatic N) is 1. The highest BCUT2D eigenvalue weighted by Gasteiger charge is 2.21. The molecule has 0 aliphatic carbocycles. The van der Waals surface area contributed by atoms with Gasteiger partial charge in [-0.3, -0.25) is 4.72 Å². The van der Waals surface area contributed by atoms with Crippen molar-refractivity contribution in [3.63, 3.8) is 0 Å². The lowest BCUT2D eigenvalue weighted by Gasteiger charge is -2.09. The lowest BCUT2D eigenvalue weighted by molar-refractivity contribution is 0.591. The van der Waals surface area contributed by atoms with E-state index in [2.05, 4.69) is 9.71 Å². The normalized spacial score (nSPS) is 11.5. The van der Waals surface area contributed by atoms with Crippen molar-refractivity contribution >= 4 is 32.2 Å². The van der Waals surface area contributed by atoms with Crippen molar-refractivity contribution in [1.29, 1.82) is 0 Å². The average molecular weight is 301 g/mol. The van der Waals surface area contributed by atoms with Crippen LogP contribution in [0.5, 0.6) is 0 Å². The molecule has 0 radical (unpaired) electrons. The van der Waals surface area contributed by atoms with E-state index in [1.54, 1.807) is 13.1 Å². The van der Waals surface area contributed by atoms with Crippen molar-refractivity contribution < 1.29 is 12.8 Å². The van der Waals surface area contributed by atoms with Crippen LogP contribution in [0.1, 0.15) is 10.4 Å². The van der Waals surface area contributed by atoms with Gasteiger partial charge in [-0.25, -0.2) is 17.8 Å². The minimum Gasteiger partial charge on any atom is -0.399 e. The molecule has 1 heterocycles. The number of halogens is 1. The molecule has 102 valence electrons. The minimum atomic E-state index is -3.90. The lowest BCUT2D eigenvalue weighted by Crippen LogP contribution is -2.15. The van der Waals surface area contributed by atoms with E-state index >= 15 is 0 Å². The number of nitrogen functional groups attached to an aromatic ring is 1. The molecule has 0 spiro atoms. The summed E-state index contributed by atoms with van der Waals surface area (Å²) in [4.78, 5) is 4.59. The predicted octanol–water partition coefficient (Wildman–Crippen LogP) is 2.28. The van der Waals surface area contributed by atoms with Gasteiger partial charge in [-0.05, 0) is 26.0 Å². The average Bonchev–Trinajstić information content (AvgIpc) is 2.68. The Balaban J connectivity index is 2.45. The van der Waals surface area contributed by atoms with E-state index in [1.165, 1.54) is 24.3 Å². The molecule has 0 aliphatic rings. The number of sulfonamides is 1. The maximum atomic E-state index is 13.5. The zero-order chi connectivity index (χ0) is 14.2. The molecule has 3 N–H and O–H groups in total. The van der Waals surface area contributed by atoms with Gasteiger partial charge >= 0.3 is 0 Å². The molecule has 2 aromatic rings. The molecule has 5 nitrogen and oxygen atoms in total. The third-order valence-electron chi connectivity index (χ3n) is 2.45. The lowest BCUT2D eigenvalue weighted by atomic mass is 10.2. The van der Waals surface area contributed by atoms with Gasteiger partial charge in [-0.2, -0.15) is 0 Å². The fourth-order valence-corrected chi connectivity index (χ4v) is 3.72. The Labute approximate surface area is 114 Å². The Kier molecular flexibility index (Phi) is 3.46. The summed E-state index contributed by atoms with van der Waals surface area (Å²) in [6.45, 7) is 3.19. The van der Waals surface area contributed by atoms with Crippen LogP contribution in [0, 0.1) is 19.7 Å². The fourth-order valence-electron chi connectivity index (χ4n) is 1.52. The Morgan fingerprint density at radius 1 is 1.37 bits per heavy atom. The summed E-state index contributed by atoms with van der Waals surface area (Å²) in [6, 6.07) is 2.31. The number of rotatable bonds is 3. The zero-order valence-corrected chi connectivity index (χ0v) is 11.9. The Morgan fingerprint density at radius 3 is 2.63 bits per heavy atom. The van der Waals surface area contributed by atoms with Crippen LogP contribution >= 0.6 is 11.3 Å². The SMILES string of the molecule is Cc1cnc(NS(=O)(=O)c2cc(N)cc(F)c2C)s1. The molecule has 8 heteroatoms. The Morgan fingerprint density at radius 2 is 2.05 bits per heavy atom. The second kappa shape index (κ2) is 4.78. The molecular formula is C11H12FN3O2S2. The molecule has 2 rings (SSSR count). The number of nitrogens with one attached hydrogen (secondary N) is 1. The van der Waals surface area contributed by atoms with Crippen LogP contribution in [0.2, 0.25) is 0 Å². The van der Waals surface area contributed by atoms with Crippen LogP contribution in [0.25, 0.3) is 0 Å². The quantitative estimate of drug-likeness (QED) is 0.852. The fraction of sp³-hybridized carbons (Fsp3) is 0.182. The van der Waals surface area contributed by atoms with Crippen LogP contribution in [0.15, 0.2) is 23.2 Å². The second-order valence-corrected chi connectivity index (χ2v) is 6.89. The van der Waals surface area contributed by atoms with Crippen molar-refractivity contribution in [2.75, 3.05) is 10.5 Å². The molecule has 0 amide bonds. The number of aryl methyl sites for hydroxylation is 1. The first-order chi connectivity index (χ1) is 8.79. The van der Waals surface area contributed by atoms with E-state index in [9.17, 15) is 12.8 Å². The molecule has 1 aromatic carbocycles. The summed E-state index contributed by atoms with van der Waals surface area (Å²) in [5, 5.41) is 0.236. The molecular weight excluding hydrogens is 289 g/mol. The van der Waals surface area contributed by atoms with Crippen LogP contribution in [-0.4, -0.2) is 13.4 Å². The first-order valence-electron chi connectivity index (χ1n) is 5.30. The van der Waals surface area contributed by atoms with Crippen molar-refractivity contribution in [1.82, 2.24) is 4.98 Å². The summed E-state index contributed by atoms with van der Waals surface area (Å²) in [5.41, 5.74) is 5.55. The summed E-state index contributed by atoms with van der Waals surface area (Å²) in [7, 11) is -3.90. The third kappa shape index (κ3) is 2.85. The van der Waals surface area contributed by atoms with E-state index in [4.69, 9.17) is 5.73 Å². The molecule has 0 saturated heterocycles. The van der Waals surface area contributed by atoms with Gasteiger partial charge < -0.3 is 5.73 Å². The molecule has 0 bridgehead atoms. The summed E-state index contributed by atoms with van der Waals surface area (Å²) >= 11 is 1.20. The first kappa shape index (κ1) is 13.8. The van der Waals surface area contributed by atoms with Crippen LogP contribution in [0.3, 0.4) is 0 Å². The second-order valence-electron chi connectivity index (χ2n) is 4.01. The number of nitrogens with two attached hydrogens (primary N) is 1. The molecule has 19 heavy (non-hydrogen) atoms. The summed E-state index contributed by atoms with van der Waals surface area (Å²) < 4.78 is 40.2. The Hall–Kier alpha value is -1.67. The smallest absolute Gasteiger partial charge is 0.264 e. The molecule has 1 aromatic heterocycles. The third-order valence-corrected chi connectivity index (χ3v) is 4.87. The van der Waals surface area contributed by atoms with Crippen LogP contribution < -0.4 is 10.5 Å². The van der Waals surface area contributed by atoms with Crippen molar-refractivity contribution in [3.05, 3.63) is 34.6 Å². The number of hydrogen-bond donors (Lipinski definition) is 2.